The Morgan fingerprint density at radius 2 is 1.89 bits per heavy atom. The number of carbonyl (C=O) groups is 2. The number of amides is 1. The summed E-state index contributed by atoms with van der Waals surface area (Å²) in [5.41, 5.74) is 7.20. The zero-order chi connectivity index (χ0) is 19.4. The molecule has 1 aliphatic heterocycles. The second-order valence-electron chi connectivity index (χ2n) is 7.18. The number of nitrogens with one attached hydrogen (secondary N) is 2. The van der Waals surface area contributed by atoms with E-state index in [4.69, 9.17) is 0 Å². The van der Waals surface area contributed by atoms with E-state index in [9.17, 15) is 9.59 Å². The largest absolute Gasteiger partial charge is 0.468 e. The van der Waals surface area contributed by atoms with Crippen LogP contribution in [0.3, 0.4) is 0 Å². The zero-order valence-electron chi connectivity index (χ0n) is 16.1. The number of aryl methyl sites for hydroxylation is 3. The van der Waals surface area contributed by atoms with E-state index in [-0.39, 0.29) is 18.9 Å². The summed E-state index contributed by atoms with van der Waals surface area (Å²) in [6.45, 7) is 4.16. The van der Waals surface area contributed by atoms with Crippen LogP contribution < -0.4 is 10.6 Å². The number of hydrogen-bond acceptors (Lipinski definition) is 4. The molecule has 0 unspecified atom stereocenters. The van der Waals surface area contributed by atoms with Gasteiger partial charge in [0.25, 0.3) is 0 Å². The number of hydrogen-bond donors (Lipinski definition) is 2. The van der Waals surface area contributed by atoms with Crippen molar-refractivity contribution >= 4 is 17.6 Å². The first-order valence-corrected chi connectivity index (χ1v) is 9.24. The maximum absolute atomic E-state index is 12.0. The summed E-state index contributed by atoms with van der Waals surface area (Å²) in [4.78, 5) is 23.1. The molecule has 0 bridgehead atoms. The molecule has 0 spiro atoms. The van der Waals surface area contributed by atoms with Crippen LogP contribution in [0.25, 0.3) is 0 Å². The lowest BCUT2D eigenvalue weighted by Crippen LogP contribution is -2.31. The average Bonchev–Trinajstić information content (AvgIpc) is 2.64. The van der Waals surface area contributed by atoms with Crippen LogP contribution in [-0.4, -0.2) is 25.5 Å². The highest BCUT2D eigenvalue weighted by atomic mass is 16.5. The molecule has 0 fully saturated rings. The zero-order valence-corrected chi connectivity index (χ0v) is 16.1. The number of ether oxygens (including phenoxy) is 1. The van der Waals surface area contributed by atoms with Crippen molar-refractivity contribution in [2.24, 2.45) is 0 Å². The van der Waals surface area contributed by atoms with Crippen molar-refractivity contribution in [1.82, 2.24) is 5.32 Å². The van der Waals surface area contributed by atoms with Crippen molar-refractivity contribution in [3.63, 3.8) is 0 Å². The van der Waals surface area contributed by atoms with Crippen LogP contribution in [0.5, 0.6) is 0 Å². The van der Waals surface area contributed by atoms with Crippen molar-refractivity contribution in [3.05, 3.63) is 64.2 Å². The number of methoxy groups -OCH3 is 1. The fraction of sp³-hybridized carbons (Fsp3) is 0.364. The third-order valence-electron chi connectivity index (χ3n) is 4.87. The van der Waals surface area contributed by atoms with Gasteiger partial charge in [-0.15, -0.1) is 0 Å². The normalized spacial score (nSPS) is 15.4. The molecule has 1 aliphatic rings. The number of esters is 1. The van der Waals surface area contributed by atoms with Gasteiger partial charge in [0.2, 0.25) is 5.91 Å². The summed E-state index contributed by atoms with van der Waals surface area (Å²) in [7, 11) is 1.30. The molecule has 0 radical (unpaired) electrons. The minimum absolute atomic E-state index is 0.0978. The van der Waals surface area contributed by atoms with E-state index >= 15 is 0 Å². The van der Waals surface area contributed by atoms with Gasteiger partial charge in [-0.25, -0.2) is 0 Å². The molecule has 1 atom stereocenters. The minimum Gasteiger partial charge on any atom is -0.468 e. The Morgan fingerprint density at radius 3 is 2.59 bits per heavy atom. The third-order valence-corrected chi connectivity index (χ3v) is 4.87. The molecule has 0 saturated heterocycles. The van der Waals surface area contributed by atoms with E-state index in [0.29, 0.717) is 6.04 Å². The van der Waals surface area contributed by atoms with Crippen LogP contribution in [0.1, 0.15) is 40.3 Å². The van der Waals surface area contributed by atoms with Crippen LogP contribution in [0, 0.1) is 13.8 Å². The maximum atomic E-state index is 12.0. The van der Waals surface area contributed by atoms with Crippen molar-refractivity contribution in [3.8, 4) is 0 Å². The van der Waals surface area contributed by atoms with E-state index in [1.165, 1.54) is 29.4 Å². The summed E-state index contributed by atoms with van der Waals surface area (Å²) in [5, 5.41) is 6.21. The van der Waals surface area contributed by atoms with Crippen molar-refractivity contribution in [2.75, 3.05) is 19.0 Å². The van der Waals surface area contributed by atoms with Crippen molar-refractivity contribution < 1.29 is 14.3 Å². The van der Waals surface area contributed by atoms with E-state index in [1.54, 1.807) is 0 Å². The standard InChI is InChI=1S/C22H26N2O3/c1-14-8-15(2)10-18(9-14)20-7-5-17-11-16(4-6-19(17)24-20)12-21(25)23-13-22(26)27-3/h4,6,8-11,20,24H,5,7,12-13H2,1-3H3,(H,23,25)/t20-/m0/s1. The molecule has 1 amide bonds. The van der Waals surface area contributed by atoms with Crippen LogP contribution >= 0.6 is 0 Å². The molecule has 0 saturated carbocycles. The Balaban J connectivity index is 1.65. The highest BCUT2D eigenvalue weighted by molar-refractivity contribution is 5.83. The number of rotatable bonds is 5. The predicted octanol–water partition coefficient (Wildman–Crippen LogP) is 3.23. The molecule has 0 aromatic heterocycles. The first kappa shape index (κ1) is 19.0. The highest BCUT2D eigenvalue weighted by Crippen LogP contribution is 2.33. The van der Waals surface area contributed by atoms with Crippen LogP contribution in [-0.2, 0) is 27.2 Å². The molecule has 2 aromatic carbocycles. The van der Waals surface area contributed by atoms with Gasteiger partial charge in [0.05, 0.1) is 19.6 Å². The summed E-state index contributed by atoms with van der Waals surface area (Å²) in [6.07, 6.45) is 2.25. The summed E-state index contributed by atoms with van der Waals surface area (Å²) >= 11 is 0. The number of benzene rings is 2. The van der Waals surface area contributed by atoms with Gasteiger partial charge in [0, 0.05) is 5.69 Å². The summed E-state index contributed by atoms with van der Waals surface area (Å²) in [5.74, 6) is -0.632. The smallest absolute Gasteiger partial charge is 0.325 e. The molecule has 2 aromatic rings. The molecule has 5 nitrogen and oxygen atoms in total. The van der Waals surface area contributed by atoms with Crippen LogP contribution in [0.2, 0.25) is 0 Å². The fourth-order valence-corrected chi connectivity index (χ4v) is 3.62. The van der Waals surface area contributed by atoms with Gasteiger partial charge in [0.15, 0.2) is 0 Å². The lowest BCUT2D eigenvalue weighted by atomic mass is 9.91. The monoisotopic (exact) mass is 366 g/mol. The fourth-order valence-electron chi connectivity index (χ4n) is 3.62. The number of anilines is 1. The Kier molecular flexibility index (Phi) is 5.79. The lowest BCUT2D eigenvalue weighted by Gasteiger charge is -2.28. The van der Waals surface area contributed by atoms with Crippen molar-refractivity contribution in [2.45, 2.75) is 39.2 Å². The van der Waals surface area contributed by atoms with Gasteiger partial charge in [-0.05, 0) is 49.4 Å². The second kappa shape index (κ2) is 8.25. The van der Waals surface area contributed by atoms with Gasteiger partial charge < -0.3 is 15.4 Å². The van der Waals surface area contributed by atoms with Gasteiger partial charge in [-0.1, -0.05) is 41.5 Å². The third kappa shape index (κ3) is 4.88. The van der Waals surface area contributed by atoms with E-state index in [0.717, 1.165) is 24.1 Å². The number of carbonyl (C=O) groups excluding carboxylic acids is 2. The van der Waals surface area contributed by atoms with Gasteiger partial charge >= 0.3 is 5.97 Å². The molecular weight excluding hydrogens is 340 g/mol. The topological polar surface area (TPSA) is 67.4 Å². The van der Waals surface area contributed by atoms with Gasteiger partial charge in [-0.2, -0.15) is 0 Å². The molecular formula is C22H26N2O3. The van der Waals surface area contributed by atoms with Crippen molar-refractivity contribution in [1.29, 1.82) is 0 Å². The molecule has 0 aliphatic carbocycles. The molecule has 2 N–H and O–H groups in total. The van der Waals surface area contributed by atoms with E-state index < -0.39 is 5.97 Å². The average molecular weight is 366 g/mol. The first-order chi connectivity index (χ1) is 12.9. The molecule has 3 rings (SSSR count). The highest BCUT2D eigenvalue weighted by Gasteiger charge is 2.20. The minimum atomic E-state index is -0.449. The van der Waals surface area contributed by atoms with Gasteiger partial charge in [-0.3, -0.25) is 9.59 Å². The first-order valence-electron chi connectivity index (χ1n) is 9.24. The second-order valence-corrected chi connectivity index (χ2v) is 7.18. The molecule has 1 heterocycles. The quantitative estimate of drug-likeness (QED) is 0.797. The molecule has 5 heteroatoms. The molecule has 142 valence electrons. The lowest BCUT2D eigenvalue weighted by molar-refractivity contribution is -0.141. The molecule has 27 heavy (non-hydrogen) atoms. The Hall–Kier alpha value is -2.82. The Morgan fingerprint density at radius 1 is 1.15 bits per heavy atom. The summed E-state index contributed by atoms with van der Waals surface area (Å²) in [6, 6.07) is 13.1. The Labute approximate surface area is 160 Å². The van der Waals surface area contributed by atoms with E-state index in [1.807, 2.05) is 12.1 Å². The predicted molar refractivity (Wildman–Crippen MR) is 106 cm³/mol. The van der Waals surface area contributed by atoms with E-state index in [2.05, 4.69) is 53.5 Å². The van der Waals surface area contributed by atoms with Crippen LogP contribution in [0.15, 0.2) is 36.4 Å². The van der Waals surface area contributed by atoms with Crippen LogP contribution in [0.4, 0.5) is 5.69 Å². The Bertz CT molecular complexity index is 840. The van der Waals surface area contributed by atoms with Gasteiger partial charge in [0.1, 0.15) is 6.54 Å². The SMILES string of the molecule is COC(=O)CNC(=O)Cc1ccc2c(c1)CC[C@@H](c1cc(C)cc(C)c1)N2. The summed E-state index contributed by atoms with van der Waals surface area (Å²) < 4.78 is 4.52. The number of fused-ring (bicyclic) bond motifs is 1. The maximum Gasteiger partial charge on any atom is 0.325 e.